The third kappa shape index (κ3) is 3.63. The van der Waals surface area contributed by atoms with Crippen LogP contribution >= 0.6 is 12.2 Å². The molecule has 0 saturated carbocycles. The predicted octanol–water partition coefficient (Wildman–Crippen LogP) is 5.70. The number of aryl methyl sites for hydroxylation is 2. The lowest BCUT2D eigenvalue weighted by molar-refractivity contribution is 0.174. The fourth-order valence-electron chi connectivity index (χ4n) is 5.16. The molecule has 176 valence electrons. The number of thiocarbonyl (C=S) groups is 1. The molecule has 6 nitrogen and oxygen atoms in total. The molecule has 6 rings (SSSR count). The maximum absolute atomic E-state index is 5.89. The van der Waals surface area contributed by atoms with Crippen LogP contribution in [0.25, 0.3) is 5.69 Å². The molecule has 0 spiro atoms. The third-order valence-electron chi connectivity index (χ3n) is 6.81. The van der Waals surface area contributed by atoms with Gasteiger partial charge in [-0.3, -0.25) is 4.98 Å². The van der Waals surface area contributed by atoms with E-state index < -0.39 is 0 Å². The first-order valence-corrected chi connectivity index (χ1v) is 12.1. The van der Waals surface area contributed by atoms with E-state index in [0.717, 1.165) is 40.0 Å². The molecule has 0 aliphatic carbocycles. The first-order chi connectivity index (χ1) is 17.0. The normalized spacial score (nSPS) is 18.7. The molecule has 4 heterocycles. The minimum absolute atomic E-state index is 0.0610. The van der Waals surface area contributed by atoms with Crippen LogP contribution in [0.3, 0.4) is 0 Å². The molecule has 2 atom stereocenters. The van der Waals surface area contributed by atoms with Crippen LogP contribution in [0.2, 0.25) is 0 Å². The first-order valence-electron chi connectivity index (χ1n) is 11.7. The molecule has 2 aliphatic heterocycles. The van der Waals surface area contributed by atoms with Gasteiger partial charge in [0, 0.05) is 35.0 Å². The van der Waals surface area contributed by atoms with Gasteiger partial charge in [0.1, 0.15) is 0 Å². The van der Waals surface area contributed by atoms with Crippen LogP contribution in [-0.4, -0.2) is 21.5 Å². The maximum atomic E-state index is 5.89. The molecule has 2 aromatic heterocycles. The first kappa shape index (κ1) is 21.7. The molecule has 1 fully saturated rings. The highest BCUT2D eigenvalue weighted by atomic mass is 32.1. The van der Waals surface area contributed by atoms with Crippen LogP contribution in [0.15, 0.2) is 72.9 Å². The topological polar surface area (TPSA) is 51.6 Å². The third-order valence-corrected chi connectivity index (χ3v) is 7.13. The average Bonchev–Trinajstić information content (AvgIpc) is 3.55. The van der Waals surface area contributed by atoms with E-state index in [4.69, 9.17) is 21.7 Å². The molecule has 0 radical (unpaired) electrons. The van der Waals surface area contributed by atoms with Crippen molar-refractivity contribution in [3.8, 4) is 17.2 Å². The zero-order valence-corrected chi connectivity index (χ0v) is 20.7. The zero-order valence-electron chi connectivity index (χ0n) is 19.9. The average molecular weight is 483 g/mol. The number of fused-ring (bicyclic) bond motifs is 1. The molecule has 0 unspecified atom stereocenters. The maximum Gasteiger partial charge on any atom is 0.231 e. The quantitative estimate of drug-likeness (QED) is 0.377. The Hall–Kier alpha value is -3.84. The Kier molecular flexibility index (Phi) is 5.22. The second kappa shape index (κ2) is 8.43. The van der Waals surface area contributed by atoms with E-state index in [1.807, 2.05) is 30.5 Å². The Bertz CT molecular complexity index is 1420. The summed E-state index contributed by atoms with van der Waals surface area (Å²) >= 11 is 5.89. The number of benzene rings is 2. The summed E-state index contributed by atoms with van der Waals surface area (Å²) in [5, 5.41) is 4.26. The van der Waals surface area contributed by atoms with Gasteiger partial charge in [0.2, 0.25) is 6.79 Å². The number of pyridine rings is 1. The number of hydrogen-bond acceptors (Lipinski definition) is 4. The highest BCUT2D eigenvalue weighted by Crippen LogP contribution is 2.44. The van der Waals surface area contributed by atoms with Crippen LogP contribution < -0.4 is 19.7 Å². The van der Waals surface area contributed by atoms with Crippen molar-refractivity contribution < 1.29 is 9.47 Å². The van der Waals surface area contributed by atoms with Gasteiger partial charge in [0.15, 0.2) is 16.6 Å². The van der Waals surface area contributed by atoms with Gasteiger partial charge in [-0.1, -0.05) is 23.8 Å². The van der Waals surface area contributed by atoms with Gasteiger partial charge in [-0.05, 0) is 81.0 Å². The van der Waals surface area contributed by atoms with Crippen LogP contribution in [0, 0.1) is 20.8 Å². The molecule has 35 heavy (non-hydrogen) atoms. The number of hydrogen-bond donors (Lipinski definition) is 1. The summed E-state index contributed by atoms with van der Waals surface area (Å²) in [5.41, 5.74) is 7.76. The van der Waals surface area contributed by atoms with E-state index in [2.05, 4.69) is 83.0 Å². The summed E-state index contributed by atoms with van der Waals surface area (Å²) < 4.78 is 13.4. The van der Waals surface area contributed by atoms with Crippen molar-refractivity contribution >= 4 is 23.0 Å². The number of nitrogens with one attached hydrogen (secondary N) is 1. The number of rotatable bonds is 4. The minimum atomic E-state index is -0.0873. The van der Waals surface area contributed by atoms with Crippen molar-refractivity contribution in [1.82, 2.24) is 14.9 Å². The molecular weight excluding hydrogens is 456 g/mol. The van der Waals surface area contributed by atoms with Gasteiger partial charge >= 0.3 is 0 Å². The summed E-state index contributed by atoms with van der Waals surface area (Å²) in [6.07, 6.45) is 1.83. The Balaban J connectivity index is 1.50. The van der Waals surface area contributed by atoms with Crippen molar-refractivity contribution in [1.29, 1.82) is 0 Å². The molecule has 0 amide bonds. The van der Waals surface area contributed by atoms with Crippen molar-refractivity contribution in [2.45, 2.75) is 32.9 Å². The molecular formula is C28H26N4O2S. The lowest BCUT2D eigenvalue weighted by Crippen LogP contribution is -2.29. The summed E-state index contributed by atoms with van der Waals surface area (Å²) in [7, 11) is 0. The largest absolute Gasteiger partial charge is 0.454 e. The van der Waals surface area contributed by atoms with Gasteiger partial charge < -0.3 is 24.3 Å². The van der Waals surface area contributed by atoms with Crippen LogP contribution in [0.5, 0.6) is 11.5 Å². The summed E-state index contributed by atoms with van der Waals surface area (Å²) in [6.45, 7) is 6.65. The minimum Gasteiger partial charge on any atom is -0.454 e. The molecule has 2 aliphatic rings. The van der Waals surface area contributed by atoms with E-state index in [0.29, 0.717) is 5.11 Å². The smallest absolute Gasteiger partial charge is 0.231 e. The standard InChI is InChI=1S/C28H26N4O2S/c1-17-7-9-20(10-8-17)32-27(26(30-28(32)35)23-6-4-5-13-29-23)22-14-18(2)31(19(22)3)21-11-12-24-25(15-21)34-16-33-24/h4-15,26-27H,16H2,1-3H3,(H,30,35)/t26-,27-/m0/s1. The van der Waals surface area contributed by atoms with Gasteiger partial charge in [-0.15, -0.1) is 0 Å². The van der Waals surface area contributed by atoms with Crippen molar-refractivity contribution in [2.24, 2.45) is 0 Å². The van der Waals surface area contributed by atoms with Crippen LogP contribution in [0.4, 0.5) is 5.69 Å². The molecule has 0 bridgehead atoms. The van der Waals surface area contributed by atoms with Gasteiger partial charge in [-0.2, -0.15) is 0 Å². The fraction of sp³-hybridized carbons (Fsp3) is 0.214. The van der Waals surface area contributed by atoms with Crippen molar-refractivity contribution in [3.63, 3.8) is 0 Å². The van der Waals surface area contributed by atoms with Crippen LogP contribution in [0.1, 0.15) is 40.3 Å². The summed E-state index contributed by atoms with van der Waals surface area (Å²) in [4.78, 5) is 6.91. The number of aromatic nitrogens is 2. The number of ether oxygens (including phenoxy) is 2. The summed E-state index contributed by atoms with van der Waals surface area (Å²) in [6, 6.07) is 22.7. The van der Waals surface area contributed by atoms with E-state index >= 15 is 0 Å². The van der Waals surface area contributed by atoms with Gasteiger partial charge in [0.25, 0.3) is 0 Å². The van der Waals surface area contributed by atoms with Crippen LogP contribution in [-0.2, 0) is 0 Å². The molecule has 1 saturated heterocycles. The lowest BCUT2D eigenvalue weighted by Gasteiger charge is -2.28. The zero-order chi connectivity index (χ0) is 24.1. The second-order valence-electron chi connectivity index (χ2n) is 9.03. The lowest BCUT2D eigenvalue weighted by atomic mass is 9.96. The van der Waals surface area contributed by atoms with E-state index in [1.165, 1.54) is 11.1 Å². The molecule has 2 aromatic carbocycles. The van der Waals surface area contributed by atoms with E-state index in [-0.39, 0.29) is 18.9 Å². The Morgan fingerprint density at radius 2 is 1.69 bits per heavy atom. The highest BCUT2D eigenvalue weighted by molar-refractivity contribution is 7.80. The number of anilines is 1. The predicted molar refractivity (Wildman–Crippen MR) is 140 cm³/mol. The second-order valence-corrected chi connectivity index (χ2v) is 9.42. The van der Waals surface area contributed by atoms with Gasteiger partial charge in [-0.25, -0.2) is 0 Å². The Morgan fingerprint density at radius 3 is 2.46 bits per heavy atom. The summed E-state index contributed by atoms with van der Waals surface area (Å²) in [5.74, 6) is 1.55. The van der Waals surface area contributed by atoms with E-state index in [1.54, 1.807) is 0 Å². The Labute approximate surface area is 210 Å². The van der Waals surface area contributed by atoms with E-state index in [9.17, 15) is 0 Å². The van der Waals surface area contributed by atoms with Crippen molar-refractivity contribution in [2.75, 3.05) is 11.7 Å². The molecule has 4 aromatic rings. The SMILES string of the molecule is Cc1ccc(N2C(=S)N[C@@H](c3ccccn3)[C@@H]2c2cc(C)n(-c3ccc4c(c3)OCO4)c2C)cc1. The fourth-order valence-corrected chi connectivity index (χ4v) is 5.51. The monoisotopic (exact) mass is 482 g/mol. The van der Waals surface area contributed by atoms with Crippen molar-refractivity contribution in [3.05, 3.63) is 101 Å². The number of nitrogens with zero attached hydrogens (tertiary/aromatic N) is 3. The molecule has 7 heteroatoms. The highest BCUT2D eigenvalue weighted by Gasteiger charge is 2.42. The molecule has 1 N–H and O–H groups in total. The Morgan fingerprint density at radius 1 is 0.914 bits per heavy atom. The van der Waals surface area contributed by atoms with Gasteiger partial charge in [0.05, 0.1) is 17.8 Å².